The molecule has 2 heterocycles. The summed E-state index contributed by atoms with van der Waals surface area (Å²) in [4.78, 5) is 16.0. The number of likely N-dealkylation sites (tertiary alicyclic amines) is 1. The SMILES string of the molecule is CC(=O)N1CCc2ccc(C3CC(CN)CN3C)cc21. The number of amides is 1. The summed E-state index contributed by atoms with van der Waals surface area (Å²) in [6, 6.07) is 7.06. The summed E-state index contributed by atoms with van der Waals surface area (Å²) in [5.74, 6) is 0.725. The zero-order chi connectivity index (χ0) is 14.3. The summed E-state index contributed by atoms with van der Waals surface area (Å²) in [6.07, 6.45) is 2.09. The topological polar surface area (TPSA) is 49.6 Å². The summed E-state index contributed by atoms with van der Waals surface area (Å²) in [6.45, 7) is 4.29. The van der Waals surface area contributed by atoms with Crippen LogP contribution in [-0.4, -0.2) is 37.5 Å². The van der Waals surface area contributed by atoms with Crippen LogP contribution in [-0.2, 0) is 11.2 Å². The molecule has 2 aliphatic heterocycles. The quantitative estimate of drug-likeness (QED) is 0.889. The summed E-state index contributed by atoms with van der Waals surface area (Å²) in [7, 11) is 2.16. The number of benzene rings is 1. The van der Waals surface area contributed by atoms with Crippen molar-refractivity contribution in [2.75, 3.05) is 31.6 Å². The minimum Gasteiger partial charge on any atom is -0.330 e. The van der Waals surface area contributed by atoms with Crippen molar-refractivity contribution in [3.05, 3.63) is 29.3 Å². The van der Waals surface area contributed by atoms with Gasteiger partial charge in [-0.25, -0.2) is 0 Å². The molecule has 0 saturated carbocycles. The lowest BCUT2D eigenvalue weighted by Gasteiger charge is -2.22. The fourth-order valence-electron chi connectivity index (χ4n) is 3.60. The Morgan fingerprint density at radius 1 is 1.45 bits per heavy atom. The van der Waals surface area contributed by atoms with Crippen LogP contribution < -0.4 is 10.6 Å². The third-order valence-electron chi connectivity index (χ3n) is 4.74. The Morgan fingerprint density at radius 3 is 2.90 bits per heavy atom. The molecule has 0 spiro atoms. The maximum atomic E-state index is 11.7. The van der Waals surface area contributed by atoms with Gasteiger partial charge < -0.3 is 10.6 Å². The van der Waals surface area contributed by atoms with Gasteiger partial charge in [0.2, 0.25) is 5.91 Å². The molecule has 2 unspecified atom stereocenters. The van der Waals surface area contributed by atoms with Crippen molar-refractivity contribution in [2.45, 2.75) is 25.8 Å². The van der Waals surface area contributed by atoms with Gasteiger partial charge in [0.05, 0.1) is 0 Å². The molecule has 1 aromatic carbocycles. The Morgan fingerprint density at radius 2 is 2.25 bits per heavy atom. The predicted octanol–water partition coefficient (Wildman–Crippen LogP) is 1.55. The third kappa shape index (κ3) is 2.23. The van der Waals surface area contributed by atoms with Crippen LogP contribution in [0.2, 0.25) is 0 Å². The standard InChI is InChI=1S/C16H23N3O/c1-11(20)19-6-5-13-3-4-14(8-16(13)19)15-7-12(9-17)10-18(15)2/h3-4,8,12,15H,5-7,9-10,17H2,1-2H3. The molecule has 4 heteroatoms. The molecule has 0 radical (unpaired) electrons. The first-order valence-corrected chi connectivity index (χ1v) is 7.41. The van der Waals surface area contributed by atoms with Gasteiger partial charge in [-0.1, -0.05) is 12.1 Å². The molecule has 2 aliphatic rings. The Hall–Kier alpha value is -1.39. The molecule has 0 bridgehead atoms. The van der Waals surface area contributed by atoms with Gasteiger partial charge in [0.1, 0.15) is 0 Å². The normalized spacial score (nSPS) is 26.1. The summed E-state index contributed by atoms with van der Waals surface area (Å²) >= 11 is 0. The monoisotopic (exact) mass is 273 g/mol. The van der Waals surface area contributed by atoms with Crippen LogP contribution in [0.3, 0.4) is 0 Å². The second-order valence-electron chi connectivity index (χ2n) is 6.10. The van der Waals surface area contributed by atoms with Crippen LogP contribution in [0.1, 0.15) is 30.5 Å². The average Bonchev–Trinajstić information content (AvgIpc) is 3.01. The third-order valence-corrected chi connectivity index (χ3v) is 4.74. The van der Waals surface area contributed by atoms with E-state index < -0.39 is 0 Å². The molecule has 108 valence electrons. The maximum absolute atomic E-state index is 11.7. The van der Waals surface area contributed by atoms with Crippen LogP contribution >= 0.6 is 0 Å². The lowest BCUT2D eigenvalue weighted by molar-refractivity contribution is -0.116. The van der Waals surface area contributed by atoms with E-state index in [1.807, 2.05) is 4.90 Å². The van der Waals surface area contributed by atoms with E-state index in [2.05, 4.69) is 30.1 Å². The fourth-order valence-corrected chi connectivity index (χ4v) is 3.60. The van der Waals surface area contributed by atoms with Crippen LogP contribution in [0, 0.1) is 5.92 Å². The number of nitrogens with zero attached hydrogens (tertiary/aromatic N) is 2. The van der Waals surface area contributed by atoms with Gasteiger partial charge in [0, 0.05) is 31.7 Å². The molecule has 4 nitrogen and oxygen atoms in total. The molecule has 2 N–H and O–H groups in total. The molecule has 20 heavy (non-hydrogen) atoms. The second-order valence-corrected chi connectivity index (χ2v) is 6.10. The van der Waals surface area contributed by atoms with Crippen LogP contribution in [0.5, 0.6) is 0 Å². The lowest BCUT2D eigenvalue weighted by Crippen LogP contribution is -2.26. The van der Waals surface area contributed by atoms with Crippen molar-refractivity contribution in [1.29, 1.82) is 0 Å². The van der Waals surface area contributed by atoms with E-state index in [9.17, 15) is 4.79 Å². The largest absolute Gasteiger partial charge is 0.330 e. The Kier molecular flexibility index (Phi) is 3.52. The van der Waals surface area contributed by atoms with E-state index in [1.54, 1.807) is 6.92 Å². The minimum atomic E-state index is 0.139. The van der Waals surface area contributed by atoms with E-state index in [0.29, 0.717) is 12.0 Å². The van der Waals surface area contributed by atoms with Gasteiger partial charge in [0.15, 0.2) is 0 Å². The van der Waals surface area contributed by atoms with Crippen LogP contribution in [0.4, 0.5) is 5.69 Å². The molecule has 1 amide bonds. The summed E-state index contributed by atoms with van der Waals surface area (Å²) in [5, 5.41) is 0. The van der Waals surface area contributed by atoms with Gasteiger partial charge in [-0.15, -0.1) is 0 Å². The zero-order valence-corrected chi connectivity index (χ0v) is 12.3. The molecular weight excluding hydrogens is 250 g/mol. The number of nitrogens with two attached hydrogens (primary N) is 1. The predicted molar refractivity (Wildman–Crippen MR) is 80.7 cm³/mol. The van der Waals surface area contributed by atoms with Crippen LogP contribution in [0.15, 0.2) is 18.2 Å². The van der Waals surface area contributed by atoms with Crippen molar-refractivity contribution in [3.63, 3.8) is 0 Å². The smallest absolute Gasteiger partial charge is 0.223 e. The molecule has 0 aromatic heterocycles. The fraction of sp³-hybridized carbons (Fsp3) is 0.562. The first kappa shape index (κ1) is 13.6. The van der Waals surface area contributed by atoms with E-state index in [-0.39, 0.29) is 5.91 Å². The van der Waals surface area contributed by atoms with Gasteiger partial charge in [-0.05, 0) is 49.5 Å². The van der Waals surface area contributed by atoms with Crippen molar-refractivity contribution < 1.29 is 4.79 Å². The van der Waals surface area contributed by atoms with E-state index in [4.69, 9.17) is 5.73 Å². The van der Waals surface area contributed by atoms with Gasteiger partial charge in [-0.3, -0.25) is 9.69 Å². The summed E-state index contributed by atoms with van der Waals surface area (Å²) in [5.41, 5.74) is 9.53. The van der Waals surface area contributed by atoms with Crippen molar-refractivity contribution in [3.8, 4) is 0 Å². The zero-order valence-electron chi connectivity index (χ0n) is 12.3. The summed E-state index contributed by atoms with van der Waals surface area (Å²) < 4.78 is 0. The van der Waals surface area contributed by atoms with E-state index >= 15 is 0 Å². The molecule has 2 atom stereocenters. The maximum Gasteiger partial charge on any atom is 0.223 e. The number of rotatable bonds is 2. The minimum absolute atomic E-state index is 0.139. The highest BCUT2D eigenvalue weighted by molar-refractivity contribution is 5.93. The van der Waals surface area contributed by atoms with Crippen LogP contribution in [0.25, 0.3) is 0 Å². The lowest BCUT2D eigenvalue weighted by atomic mass is 9.98. The molecule has 1 fully saturated rings. The number of hydrogen-bond donors (Lipinski definition) is 1. The first-order chi connectivity index (χ1) is 9.60. The van der Waals surface area contributed by atoms with Crippen molar-refractivity contribution in [2.24, 2.45) is 11.7 Å². The number of anilines is 1. The number of fused-ring (bicyclic) bond motifs is 1. The Bertz CT molecular complexity index is 528. The average molecular weight is 273 g/mol. The molecule has 3 rings (SSSR count). The molecule has 1 saturated heterocycles. The van der Waals surface area contributed by atoms with E-state index in [1.165, 1.54) is 11.1 Å². The second kappa shape index (κ2) is 5.19. The Labute approximate surface area is 120 Å². The Balaban J connectivity index is 1.89. The van der Waals surface area contributed by atoms with E-state index in [0.717, 1.165) is 38.2 Å². The first-order valence-electron chi connectivity index (χ1n) is 7.41. The molecule has 1 aromatic rings. The number of carbonyl (C=O) groups is 1. The van der Waals surface area contributed by atoms with Gasteiger partial charge in [-0.2, -0.15) is 0 Å². The molecular formula is C16H23N3O. The van der Waals surface area contributed by atoms with Crippen molar-refractivity contribution in [1.82, 2.24) is 4.90 Å². The number of carbonyl (C=O) groups excluding carboxylic acids is 1. The van der Waals surface area contributed by atoms with Crippen molar-refractivity contribution >= 4 is 11.6 Å². The highest BCUT2D eigenvalue weighted by Crippen LogP contribution is 2.37. The van der Waals surface area contributed by atoms with Gasteiger partial charge >= 0.3 is 0 Å². The molecule has 0 aliphatic carbocycles. The number of hydrogen-bond acceptors (Lipinski definition) is 3. The highest BCUT2D eigenvalue weighted by atomic mass is 16.2. The highest BCUT2D eigenvalue weighted by Gasteiger charge is 2.31. The van der Waals surface area contributed by atoms with Gasteiger partial charge in [0.25, 0.3) is 0 Å².